The van der Waals surface area contributed by atoms with Crippen LogP contribution in [-0.4, -0.2) is 34.5 Å². The zero-order valence-electron chi connectivity index (χ0n) is 10.2. The second kappa shape index (κ2) is 4.62. The summed E-state index contributed by atoms with van der Waals surface area (Å²) in [6.07, 6.45) is 11.0. The summed E-state index contributed by atoms with van der Waals surface area (Å²) in [4.78, 5) is 17.9. The molecule has 5 nitrogen and oxygen atoms in total. The van der Waals surface area contributed by atoms with E-state index in [9.17, 15) is 4.79 Å². The van der Waals surface area contributed by atoms with E-state index in [2.05, 4.69) is 16.0 Å². The molecule has 0 bridgehead atoms. The molecule has 0 aromatic rings. The van der Waals surface area contributed by atoms with Gasteiger partial charge in [-0.2, -0.15) is 0 Å². The standard InChI is InChI=1S/C13H13N3O2S/c14-11(17)10-2-6-16-5-1-9-19-13(12(16)15-10)3-7-18-8-4-13/h1-4,7-9H,5-6H2,(H2,14,17). The third-order valence-corrected chi connectivity index (χ3v) is 4.28. The molecule has 0 saturated heterocycles. The van der Waals surface area contributed by atoms with E-state index in [1.165, 1.54) is 0 Å². The van der Waals surface area contributed by atoms with Crippen LogP contribution in [0.15, 0.2) is 52.9 Å². The molecule has 19 heavy (non-hydrogen) atoms. The van der Waals surface area contributed by atoms with Gasteiger partial charge in [0.25, 0.3) is 5.91 Å². The molecule has 1 spiro atoms. The molecule has 2 N–H and O–H groups in total. The molecule has 6 heteroatoms. The maximum Gasteiger partial charge on any atom is 0.267 e. The summed E-state index contributed by atoms with van der Waals surface area (Å²) in [6, 6.07) is 0. The van der Waals surface area contributed by atoms with Crippen LogP contribution < -0.4 is 5.73 Å². The first-order chi connectivity index (χ1) is 9.21. The highest BCUT2D eigenvalue weighted by molar-refractivity contribution is 8.04. The van der Waals surface area contributed by atoms with Gasteiger partial charge < -0.3 is 15.4 Å². The predicted octanol–water partition coefficient (Wildman–Crippen LogP) is 1.13. The molecule has 98 valence electrons. The lowest BCUT2D eigenvalue weighted by molar-refractivity contribution is -0.114. The number of hydrogen-bond donors (Lipinski definition) is 1. The van der Waals surface area contributed by atoms with E-state index >= 15 is 0 Å². The van der Waals surface area contributed by atoms with Crippen LogP contribution in [0.25, 0.3) is 0 Å². The summed E-state index contributed by atoms with van der Waals surface area (Å²) in [5.74, 6) is 0.319. The molecule has 0 radical (unpaired) electrons. The Hall–Kier alpha value is -1.95. The molecule has 3 rings (SSSR count). The van der Waals surface area contributed by atoms with Gasteiger partial charge >= 0.3 is 0 Å². The number of rotatable bonds is 1. The fraction of sp³-hybridized carbons (Fsp3) is 0.231. The Kier molecular flexibility index (Phi) is 2.94. The highest BCUT2D eigenvalue weighted by Gasteiger charge is 2.38. The predicted molar refractivity (Wildman–Crippen MR) is 75.1 cm³/mol. The number of thioether (sulfide) groups is 1. The molecular formula is C13H13N3O2S. The molecule has 1 amide bonds. The highest BCUT2D eigenvalue weighted by Crippen LogP contribution is 2.37. The zero-order chi connectivity index (χ0) is 13.3. The molecule has 0 aromatic heterocycles. The van der Waals surface area contributed by atoms with Gasteiger partial charge in [0.2, 0.25) is 0 Å². The number of aliphatic imine (C=N–C) groups is 1. The number of carbonyl (C=O) groups excluding carboxylic acids is 1. The molecule has 0 unspecified atom stereocenters. The first kappa shape index (κ1) is 12.1. The summed E-state index contributed by atoms with van der Waals surface area (Å²) in [5, 5.41) is 2.05. The highest BCUT2D eigenvalue weighted by atomic mass is 32.2. The van der Waals surface area contributed by atoms with Crippen molar-refractivity contribution in [2.75, 3.05) is 13.1 Å². The van der Waals surface area contributed by atoms with Crippen molar-refractivity contribution < 1.29 is 9.53 Å². The Morgan fingerprint density at radius 3 is 2.95 bits per heavy atom. The van der Waals surface area contributed by atoms with Crippen LogP contribution in [0.4, 0.5) is 0 Å². The van der Waals surface area contributed by atoms with E-state index in [0.29, 0.717) is 12.2 Å². The lowest BCUT2D eigenvalue weighted by Crippen LogP contribution is -2.46. The van der Waals surface area contributed by atoms with Crippen molar-refractivity contribution >= 4 is 23.5 Å². The number of fused-ring (bicyclic) bond motifs is 2. The van der Waals surface area contributed by atoms with Gasteiger partial charge in [-0.15, -0.1) is 11.8 Å². The molecule has 0 fully saturated rings. The third kappa shape index (κ3) is 2.08. The topological polar surface area (TPSA) is 67.9 Å². The maximum absolute atomic E-state index is 11.3. The number of amides is 1. The monoisotopic (exact) mass is 275 g/mol. The van der Waals surface area contributed by atoms with Gasteiger partial charge in [0.1, 0.15) is 16.3 Å². The Morgan fingerprint density at radius 1 is 1.42 bits per heavy atom. The zero-order valence-corrected chi connectivity index (χ0v) is 11.0. The van der Waals surface area contributed by atoms with Crippen LogP contribution >= 0.6 is 11.8 Å². The average molecular weight is 275 g/mol. The molecule has 0 aromatic carbocycles. The average Bonchev–Trinajstić information content (AvgIpc) is 2.60. The van der Waals surface area contributed by atoms with Gasteiger partial charge in [-0.05, 0) is 23.6 Å². The quantitative estimate of drug-likeness (QED) is 0.779. The Labute approximate surface area is 115 Å². The Balaban J connectivity index is 2.07. The van der Waals surface area contributed by atoms with Crippen LogP contribution in [0.5, 0.6) is 0 Å². The normalized spacial score (nSPS) is 23.3. The van der Waals surface area contributed by atoms with Crippen LogP contribution in [0.1, 0.15) is 0 Å². The van der Waals surface area contributed by atoms with Gasteiger partial charge in [-0.25, -0.2) is 4.99 Å². The van der Waals surface area contributed by atoms with Crippen molar-refractivity contribution in [2.24, 2.45) is 10.7 Å². The first-order valence-electron chi connectivity index (χ1n) is 5.89. The molecular weight excluding hydrogens is 262 g/mol. The molecule has 0 atom stereocenters. The second-order valence-corrected chi connectivity index (χ2v) is 5.50. The van der Waals surface area contributed by atoms with Crippen LogP contribution in [-0.2, 0) is 9.53 Å². The molecule has 3 heterocycles. The van der Waals surface area contributed by atoms with Gasteiger partial charge in [-0.1, -0.05) is 6.08 Å². The van der Waals surface area contributed by atoms with E-state index in [-0.39, 0.29) is 0 Å². The van der Waals surface area contributed by atoms with E-state index in [1.807, 2.05) is 17.6 Å². The number of carbonyl (C=O) groups is 1. The number of nitrogens with zero attached hydrogens (tertiary/aromatic N) is 2. The molecule has 0 saturated carbocycles. The summed E-state index contributed by atoms with van der Waals surface area (Å²) < 4.78 is 4.68. The van der Waals surface area contributed by atoms with Gasteiger partial charge in [-0.3, -0.25) is 4.79 Å². The third-order valence-electron chi connectivity index (χ3n) is 3.11. The lowest BCUT2D eigenvalue weighted by Gasteiger charge is -2.35. The van der Waals surface area contributed by atoms with E-state index in [4.69, 9.17) is 10.5 Å². The largest absolute Gasteiger partial charge is 0.473 e. The number of amidine groups is 1. The summed E-state index contributed by atoms with van der Waals surface area (Å²) in [7, 11) is 0. The lowest BCUT2D eigenvalue weighted by atomic mass is 10.0. The fourth-order valence-electron chi connectivity index (χ4n) is 2.16. The number of ether oxygens (including phenoxy) is 1. The molecule has 3 aliphatic rings. The number of hydrogen-bond acceptors (Lipinski definition) is 5. The first-order valence-corrected chi connectivity index (χ1v) is 6.77. The van der Waals surface area contributed by atoms with Crippen molar-refractivity contribution in [3.05, 3.63) is 47.9 Å². The van der Waals surface area contributed by atoms with Crippen molar-refractivity contribution in [1.82, 2.24) is 4.90 Å². The Morgan fingerprint density at radius 2 is 2.21 bits per heavy atom. The van der Waals surface area contributed by atoms with Crippen LogP contribution in [0.2, 0.25) is 0 Å². The van der Waals surface area contributed by atoms with Crippen LogP contribution in [0, 0.1) is 0 Å². The summed E-state index contributed by atoms with van der Waals surface area (Å²) in [5.41, 5.74) is 5.65. The fourth-order valence-corrected chi connectivity index (χ4v) is 3.11. The second-order valence-electron chi connectivity index (χ2n) is 4.32. The molecule has 3 aliphatic heterocycles. The van der Waals surface area contributed by atoms with Crippen molar-refractivity contribution in [3.8, 4) is 0 Å². The van der Waals surface area contributed by atoms with E-state index in [0.717, 1.165) is 12.4 Å². The number of nitrogens with two attached hydrogens (primary N) is 1. The minimum atomic E-state index is -0.496. The van der Waals surface area contributed by atoms with Gasteiger partial charge in [0.05, 0.1) is 12.5 Å². The Bertz CT molecular complexity index is 548. The van der Waals surface area contributed by atoms with E-state index < -0.39 is 10.7 Å². The summed E-state index contributed by atoms with van der Waals surface area (Å²) in [6.45, 7) is 1.39. The minimum absolute atomic E-state index is 0.321. The number of primary amides is 1. The van der Waals surface area contributed by atoms with Gasteiger partial charge in [0.15, 0.2) is 0 Å². The van der Waals surface area contributed by atoms with Crippen molar-refractivity contribution in [1.29, 1.82) is 0 Å². The van der Waals surface area contributed by atoms with E-state index in [1.54, 1.807) is 30.4 Å². The van der Waals surface area contributed by atoms with Crippen molar-refractivity contribution in [3.63, 3.8) is 0 Å². The SMILES string of the molecule is NC(=O)C1=CCN2CC=CSC3(C=COC=C3)C2=N1. The summed E-state index contributed by atoms with van der Waals surface area (Å²) >= 11 is 1.62. The van der Waals surface area contributed by atoms with Crippen LogP contribution in [0.3, 0.4) is 0 Å². The maximum atomic E-state index is 11.3. The van der Waals surface area contributed by atoms with Gasteiger partial charge in [0, 0.05) is 13.1 Å². The smallest absolute Gasteiger partial charge is 0.267 e. The molecule has 0 aliphatic carbocycles. The van der Waals surface area contributed by atoms with Crippen molar-refractivity contribution in [2.45, 2.75) is 4.75 Å². The minimum Gasteiger partial charge on any atom is -0.473 e.